The molecule has 3 fully saturated rings. The van der Waals surface area contributed by atoms with Crippen LogP contribution in [0.15, 0.2) is 0 Å². The van der Waals surface area contributed by atoms with Crippen LogP contribution in [-0.2, 0) is 9.47 Å². The lowest BCUT2D eigenvalue weighted by Crippen LogP contribution is -2.50. The third-order valence-electron chi connectivity index (χ3n) is 4.82. The highest BCUT2D eigenvalue weighted by Crippen LogP contribution is 2.34. The molecule has 1 aliphatic carbocycles. The first kappa shape index (κ1) is 11.9. The Bertz CT molecular complexity index is 241. The van der Waals surface area contributed by atoms with Gasteiger partial charge in [-0.25, -0.2) is 0 Å². The molecule has 1 N–H and O–H groups in total. The molecule has 3 nitrogen and oxygen atoms in total. The molecule has 0 aromatic rings. The summed E-state index contributed by atoms with van der Waals surface area (Å²) in [6.45, 7) is 3.93. The highest BCUT2D eigenvalue weighted by Gasteiger charge is 2.39. The largest absolute Gasteiger partial charge is 0.381 e. The minimum absolute atomic E-state index is 0.147. The average molecular weight is 239 g/mol. The van der Waals surface area contributed by atoms with Crippen molar-refractivity contribution < 1.29 is 9.47 Å². The summed E-state index contributed by atoms with van der Waals surface area (Å²) in [5.41, 5.74) is 0.147. The summed E-state index contributed by atoms with van der Waals surface area (Å²) in [4.78, 5) is 0. The zero-order valence-electron chi connectivity index (χ0n) is 10.7. The predicted octanol–water partition coefficient (Wildman–Crippen LogP) is 2.10. The van der Waals surface area contributed by atoms with E-state index in [1.54, 1.807) is 0 Å². The van der Waals surface area contributed by atoms with Crippen LogP contribution in [0, 0.1) is 5.92 Å². The molecule has 1 spiro atoms. The second-order valence-electron chi connectivity index (χ2n) is 6.04. The van der Waals surface area contributed by atoms with Gasteiger partial charge in [-0.15, -0.1) is 0 Å². The average Bonchev–Trinajstić information content (AvgIpc) is 2.28. The fourth-order valence-electron chi connectivity index (χ4n) is 3.32. The van der Waals surface area contributed by atoms with Crippen LogP contribution in [0.4, 0.5) is 0 Å². The van der Waals surface area contributed by atoms with Crippen molar-refractivity contribution in [1.82, 2.24) is 5.32 Å². The molecule has 3 aliphatic rings. The number of ether oxygens (including phenoxy) is 2. The molecule has 0 amide bonds. The Morgan fingerprint density at radius 3 is 2.59 bits per heavy atom. The lowest BCUT2D eigenvalue weighted by molar-refractivity contribution is -0.140. The number of nitrogens with one attached hydrogen (secondary N) is 1. The second kappa shape index (κ2) is 5.25. The van der Waals surface area contributed by atoms with Gasteiger partial charge in [0.2, 0.25) is 0 Å². The number of hydrogen-bond donors (Lipinski definition) is 1. The van der Waals surface area contributed by atoms with Crippen molar-refractivity contribution in [2.24, 2.45) is 5.92 Å². The summed E-state index contributed by atoms with van der Waals surface area (Å²) in [6.07, 6.45) is 8.90. The molecular weight excluding hydrogens is 214 g/mol. The van der Waals surface area contributed by atoms with Gasteiger partial charge in [0.15, 0.2) is 0 Å². The molecule has 0 aromatic carbocycles. The Morgan fingerprint density at radius 2 is 1.88 bits per heavy atom. The summed E-state index contributed by atoms with van der Waals surface area (Å²) >= 11 is 0. The van der Waals surface area contributed by atoms with E-state index in [1.807, 2.05) is 0 Å². The molecule has 0 aromatic heterocycles. The van der Waals surface area contributed by atoms with Crippen molar-refractivity contribution >= 4 is 0 Å². The molecule has 0 radical (unpaired) electrons. The van der Waals surface area contributed by atoms with Gasteiger partial charge in [-0.2, -0.15) is 0 Å². The molecule has 3 heteroatoms. The van der Waals surface area contributed by atoms with Crippen molar-refractivity contribution in [1.29, 1.82) is 0 Å². The first-order valence-corrected chi connectivity index (χ1v) is 7.31. The van der Waals surface area contributed by atoms with Crippen LogP contribution in [0.2, 0.25) is 0 Å². The summed E-state index contributed by atoms with van der Waals surface area (Å²) in [6, 6.07) is 0.683. The van der Waals surface area contributed by atoms with Gasteiger partial charge in [0.05, 0.1) is 5.60 Å². The first-order chi connectivity index (χ1) is 8.36. The van der Waals surface area contributed by atoms with Crippen LogP contribution >= 0.6 is 0 Å². The van der Waals surface area contributed by atoms with Crippen LogP contribution in [0.1, 0.15) is 44.9 Å². The van der Waals surface area contributed by atoms with Gasteiger partial charge in [0, 0.05) is 25.9 Å². The lowest BCUT2D eigenvalue weighted by atomic mass is 9.82. The normalized spacial score (nSPS) is 33.5. The minimum atomic E-state index is 0.147. The Balaban J connectivity index is 1.48. The molecule has 2 aliphatic heterocycles. The number of hydrogen-bond acceptors (Lipinski definition) is 3. The van der Waals surface area contributed by atoms with Crippen LogP contribution in [0.3, 0.4) is 0 Å². The van der Waals surface area contributed by atoms with E-state index in [-0.39, 0.29) is 5.60 Å². The first-order valence-electron chi connectivity index (χ1n) is 7.31. The Hall–Kier alpha value is -0.120. The van der Waals surface area contributed by atoms with Crippen LogP contribution < -0.4 is 5.32 Å². The summed E-state index contributed by atoms with van der Waals surface area (Å²) in [7, 11) is 0. The zero-order valence-corrected chi connectivity index (χ0v) is 10.7. The van der Waals surface area contributed by atoms with Gasteiger partial charge < -0.3 is 14.8 Å². The minimum Gasteiger partial charge on any atom is -0.381 e. The maximum absolute atomic E-state index is 6.06. The maximum atomic E-state index is 6.06. The SMILES string of the molecule is C1CC(CNC2CCOC3(CCOCC3)C2)C1. The van der Waals surface area contributed by atoms with Crippen LogP contribution in [0.25, 0.3) is 0 Å². The Kier molecular flexibility index (Phi) is 3.69. The molecule has 2 heterocycles. The van der Waals surface area contributed by atoms with Crippen molar-refractivity contribution in [3.8, 4) is 0 Å². The molecule has 1 atom stereocenters. The van der Waals surface area contributed by atoms with E-state index in [0.29, 0.717) is 6.04 Å². The molecule has 3 rings (SSSR count). The predicted molar refractivity (Wildman–Crippen MR) is 67.1 cm³/mol. The van der Waals surface area contributed by atoms with Crippen molar-refractivity contribution in [2.75, 3.05) is 26.4 Å². The third kappa shape index (κ3) is 2.83. The maximum Gasteiger partial charge on any atom is 0.0741 e. The van der Waals surface area contributed by atoms with Gasteiger partial charge in [-0.1, -0.05) is 6.42 Å². The van der Waals surface area contributed by atoms with E-state index >= 15 is 0 Å². The zero-order chi connectivity index (χ0) is 11.6. The molecule has 0 bridgehead atoms. The van der Waals surface area contributed by atoms with Crippen LogP contribution in [0.5, 0.6) is 0 Å². The van der Waals surface area contributed by atoms with Crippen molar-refractivity contribution in [2.45, 2.75) is 56.6 Å². The van der Waals surface area contributed by atoms with Gasteiger partial charge in [0.1, 0.15) is 0 Å². The highest BCUT2D eigenvalue weighted by atomic mass is 16.5. The van der Waals surface area contributed by atoms with Gasteiger partial charge in [-0.3, -0.25) is 0 Å². The molecule has 1 unspecified atom stereocenters. The van der Waals surface area contributed by atoms with E-state index in [9.17, 15) is 0 Å². The van der Waals surface area contributed by atoms with Crippen molar-refractivity contribution in [3.05, 3.63) is 0 Å². The highest BCUT2D eigenvalue weighted by molar-refractivity contribution is 4.92. The summed E-state index contributed by atoms with van der Waals surface area (Å²) in [5, 5.41) is 3.77. The monoisotopic (exact) mass is 239 g/mol. The molecule has 1 saturated carbocycles. The van der Waals surface area contributed by atoms with E-state index in [0.717, 1.165) is 38.6 Å². The van der Waals surface area contributed by atoms with E-state index in [1.165, 1.54) is 38.6 Å². The summed E-state index contributed by atoms with van der Waals surface area (Å²) < 4.78 is 11.5. The van der Waals surface area contributed by atoms with Gasteiger partial charge in [0.25, 0.3) is 0 Å². The molecule has 2 saturated heterocycles. The lowest BCUT2D eigenvalue weighted by Gasteiger charge is -2.44. The van der Waals surface area contributed by atoms with Gasteiger partial charge in [-0.05, 0) is 51.0 Å². The molecule has 17 heavy (non-hydrogen) atoms. The Morgan fingerprint density at radius 1 is 1.06 bits per heavy atom. The quantitative estimate of drug-likeness (QED) is 0.818. The Labute approximate surface area is 104 Å². The van der Waals surface area contributed by atoms with E-state index < -0.39 is 0 Å². The topological polar surface area (TPSA) is 30.5 Å². The summed E-state index contributed by atoms with van der Waals surface area (Å²) in [5.74, 6) is 0.962. The van der Waals surface area contributed by atoms with E-state index in [2.05, 4.69) is 5.32 Å². The molecule has 98 valence electrons. The fraction of sp³-hybridized carbons (Fsp3) is 1.00. The smallest absolute Gasteiger partial charge is 0.0741 e. The third-order valence-corrected chi connectivity index (χ3v) is 4.82. The van der Waals surface area contributed by atoms with Gasteiger partial charge >= 0.3 is 0 Å². The standard InChI is InChI=1S/C14H25NO2/c1-2-12(3-1)11-15-13-4-7-17-14(10-13)5-8-16-9-6-14/h12-13,15H,1-11H2. The van der Waals surface area contributed by atoms with Crippen LogP contribution in [-0.4, -0.2) is 38.0 Å². The second-order valence-corrected chi connectivity index (χ2v) is 6.04. The van der Waals surface area contributed by atoms with Crippen molar-refractivity contribution in [3.63, 3.8) is 0 Å². The fourth-order valence-corrected chi connectivity index (χ4v) is 3.32. The molecular formula is C14H25NO2. The number of rotatable bonds is 3. The van der Waals surface area contributed by atoms with E-state index in [4.69, 9.17) is 9.47 Å².